The predicted molar refractivity (Wildman–Crippen MR) is 57.8 cm³/mol. The quantitative estimate of drug-likeness (QED) is 0.642. The minimum Gasteiger partial charge on any atom is -0.166 e. The Morgan fingerprint density at radius 1 is 1.07 bits per heavy atom. The zero-order valence-corrected chi connectivity index (χ0v) is 10.3. The lowest BCUT2D eigenvalue weighted by Gasteiger charge is -2.21. The van der Waals surface area contributed by atoms with Gasteiger partial charge in [0, 0.05) is 4.47 Å². The van der Waals surface area contributed by atoms with Crippen molar-refractivity contribution in [3.05, 3.63) is 33.8 Å². The average Bonchev–Trinajstić information content (AvgIpc) is 1.99. The van der Waals surface area contributed by atoms with Crippen molar-refractivity contribution in [3.8, 4) is 0 Å². The first-order valence-electron chi connectivity index (χ1n) is 4.49. The SMILES string of the molecule is CC(C)(C)c1ccc(C(F)(F)F)cc1Br. The van der Waals surface area contributed by atoms with Gasteiger partial charge in [-0.15, -0.1) is 0 Å². The number of hydrogen-bond donors (Lipinski definition) is 0. The zero-order valence-electron chi connectivity index (χ0n) is 8.74. The molecule has 0 N–H and O–H groups in total. The molecule has 0 fully saturated rings. The van der Waals surface area contributed by atoms with Crippen molar-refractivity contribution in [3.63, 3.8) is 0 Å². The van der Waals surface area contributed by atoms with Crippen LogP contribution in [0, 0.1) is 0 Å². The van der Waals surface area contributed by atoms with E-state index in [4.69, 9.17) is 0 Å². The molecule has 0 spiro atoms. The van der Waals surface area contributed by atoms with E-state index in [2.05, 4.69) is 15.9 Å². The second kappa shape index (κ2) is 3.81. The monoisotopic (exact) mass is 280 g/mol. The van der Waals surface area contributed by atoms with Crippen LogP contribution in [0.15, 0.2) is 22.7 Å². The zero-order chi connectivity index (χ0) is 11.9. The highest BCUT2D eigenvalue weighted by atomic mass is 79.9. The van der Waals surface area contributed by atoms with E-state index < -0.39 is 11.7 Å². The Morgan fingerprint density at radius 2 is 1.60 bits per heavy atom. The van der Waals surface area contributed by atoms with Crippen molar-refractivity contribution in [1.82, 2.24) is 0 Å². The number of halogens is 4. The minimum atomic E-state index is -4.28. The highest BCUT2D eigenvalue weighted by Gasteiger charge is 2.31. The summed E-state index contributed by atoms with van der Waals surface area (Å²) in [5.41, 5.74) is 0.0843. The molecule has 0 aliphatic carbocycles. The topological polar surface area (TPSA) is 0 Å². The standard InChI is InChI=1S/C11H12BrF3/c1-10(2,3)8-5-4-7(6-9(8)12)11(13,14)15/h4-6H,1-3H3. The van der Waals surface area contributed by atoms with E-state index in [9.17, 15) is 13.2 Å². The molecule has 0 unspecified atom stereocenters. The number of hydrogen-bond acceptors (Lipinski definition) is 0. The van der Waals surface area contributed by atoms with Crippen molar-refractivity contribution in [2.75, 3.05) is 0 Å². The Hall–Kier alpha value is -0.510. The molecule has 15 heavy (non-hydrogen) atoms. The van der Waals surface area contributed by atoms with Gasteiger partial charge in [0.15, 0.2) is 0 Å². The van der Waals surface area contributed by atoms with Gasteiger partial charge in [-0.1, -0.05) is 42.8 Å². The molecule has 1 aromatic rings. The van der Waals surface area contributed by atoms with Crippen LogP contribution >= 0.6 is 15.9 Å². The van der Waals surface area contributed by atoms with E-state index in [1.165, 1.54) is 6.07 Å². The van der Waals surface area contributed by atoms with Crippen molar-refractivity contribution in [1.29, 1.82) is 0 Å². The molecule has 0 saturated heterocycles. The summed E-state index contributed by atoms with van der Waals surface area (Å²) in [7, 11) is 0. The Morgan fingerprint density at radius 3 is 1.93 bits per heavy atom. The minimum absolute atomic E-state index is 0.164. The first-order valence-corrected chi connectivity index (χ1v) is 5.29. The van der Waals surface area contributed by atoms with Gasteiger partial charge in [0.25, 0.3) is 0 Å². The Kier molecular flexibility index (Phi) is 3.19. The van der Waals surface area contributed by atoms with Crippen LogP contribution in [-0.4, -0.2) is 0 Å². The molecule has 0 aliphatic heterocycles. The smallest absolute Gasteiger partial charge is 0.166 e. The summed E-state index contributed by atoms with van der Waals surface area (Å²) < 4.78 is 37.6. The van der Waals surface area contributed by atoms with Gasteiger partial charge >= 0.3 is 6.18 Å². The fourth-order valence-corrected chi connectivity index (χ4v) is 2.27. The molecule has 0 saturated carbocycles. The van der Waals surface area contributed by atoms with E-state index in [1.54, 1.807) is 0 Å². The van der Waals surface area contributed by atoms with Crippen molar-refractivity contribution < 1.29 is 13.2 Å². The molecular formula is C11H12BrF3. The Balaban J connectivity index is 3.21. The van der Waals surface area contributed by atoms with Gasteiger partial charge in [-0.3, -0.25) is 0 Å². The van der Waals surface area contributed by atoms with Gasteiger partial charge in [-0.05, 0) is 23.1 Å². The Labute approximate surface area is 95.6 Å². The van der Waals surface area contributed by atoms with Crippen molar-refractivity contribution in [2.45, 2.75) is 32.4 Å². The Bertz CT molecular complexity index is 361. The number of alkyl halides is 3. The molecule has 0 atom stereocenters. The normalized spacial score (nSPS) is 13.0. The lowest BCUT2D eigenvalue weighted by Crippen LogP contribution is -2.13. The molecule has 84 valence electrons. The van der Waals surface area contributed by atoms with Crippen LogP contribution in [0.5, 0.6) is 0 Å². The number of rotatable bonds is 0. The molecule has 0 aliphatic rings. The van der Waals surface area contributed by atoms with E-state index in [0.29, 0.717) is 4.47 Å². The molecule has 1 rings (SSSR count). The third kappa shape index (κ3) is 2.97. The molecule has 0 radical (unpaired) electrons. The first kappa shape index (κ1) is 12.6. The second-order valence-electron chi connectivity index (χ2n) is 4.44. The third-order valence-corrected chi connectivity index (χ3v) is 2.76. The fraction of sp³-hybridized carbons (Fsp3) is 0.455. The summed E-state index contributed by atoms with van der Waals surface area (Å²) >= 11 is 3.18. The highest BCUT2D eigenvalue weighted by Crippen LogP contribution is 2.35. The van der Waals surface area contributed by atoms with E-state index in [-0.39, 0.29) is 5.41 Å². The lowest BCUT2D eigenvalue weighted by atomic mass is 9.86. The molecular weight excluding hydrogens is 269 g/mol. The van der Waals surface area contributed by atoms with E-state index in [0.717, 1.165) is 17.7 Å². The summed E-state index contributed by atoms with van der Waals surface area (Å²) in [6.07, 6.45) is -4.28. The molecule has 4 heteroatoms. The molecule has 0 nitrogen and oxygen atoms in total. The van der Waals surface area contributed by atoms with Crippen molar-refractivity contribution in [2.24, 2.45) is 0 Å². The van der Waals surface area contributed by atoms with Crippen LogP contribution in [0.4, 0.5) is 13.2 Å². The molecule has 0 aromatic heterocycles. The van der Waals surface area contributed by atoms with Crippen LogP contribution in [0.1, 0.15) is 31.9 Å². The van der Waals surface area contributed by atoms with Crippen molar-refractivity contribution >= 4 is 15.9 Å². The molecule has 0 bridgehead atoms. The van der Waals surface area contributed by atoms with Gasteiger partial charge in [0.1, 0.15) is 0 Å². The second-order valence-corrected chi connectivity index (χ2v) is 5.30. The van der Waals surface area contributed by atoms with Crippen LogP contribution in [0.3, 0.4) is 0 Å². The van der Waals surface area contributed by atoms with Gasteiger partial charge in [0.2, 0.25) is 0 Å². The van der Waals surface area contributed by atoms with Crippen LogP contribution in [0.2, 0.25) is 0 Å². The van der Waals surface area contributed by atoms with Gasteiger partial charge in [0.05, 0.1) is 5.56 Å². The maximum atomic E-state index is 12.4. The summed E-state index contributed by atoms with van der Waals surface area (Å²) in [5, 5.41) is 0. The van der Waals surface area contributed by atoms with Gasteiger partial charge in [-0.2, -0.15) is 13.2 Å². The average molecular weight is 281 g/mol. The van der Waals surface area contributed by atoms with Crippen LogP contribution < -0.4 is 0 Å². The predicted octanol–water partition coefficient (Wildman–Crippen LogP) is 4.77. The summed E-state index contributed by atoms with van der Waals surface area (Å²) in [6.45, 7) is 5.88. The molecule has 0 amide bonds. The lowest BCUT2D eigenvalue weighted by molar-refractivity contribution is -0.137. The first-order chi connectivity index (χ1) is 6.62. The van der Waals surface area contributed by atoms with E-state index >= 15 is 0 Å². The summed E-state index contributed by atoms with van der Waals surface area (Å²) in [6, 6.07) is 3.76. The van der Waals surface area contributed by atoms with Crippen LogP contribution in [-0.2, 0) is 11.6 Å². The van der Waals surface area contributed by atoms with E-state index in [1.807, 2.05) is 20.8 Å². The summed E-state index contributed by atoms with van der Waals surface area (Å²) in [5.74, 6) is 0. The summed E-state index contributed by atoms with van der Waals surface area (Å²) in [4.78, 5) is 0. The molecule has 0 heterocycles. The fourth-order valence-electron chi connectivity index (χ4n) is 1.30. The van der Waals surface area contributed by atoms with Gasteiger partial charge in [-0.25, -0.2) is 0 Å². The maximum absolute atomic E-state index is 12.4. The molecule has 1 aromatic carbocycles. The highest BCUT2D eigenvalue weighted by molar-refractivity contribution is 9.10. The van der Waals surface area contributed by atoms with Crippen LogP contribution in [0.25, 0.3) is 0 Å². The van der Waals surface area contributed by atoms with Gasteiger partial charge < -0.3 is 0 Å². The maximum Gasteiger partial charge on any atom is 0.416 e. The number of benzene rings is 1. The largest absolute Gasteiger partial charge is 0.416 e. The third-order valence-electron chi connectivity index (χ3n) is 2.10.